The number of nitrogens with one attached hydrogen (secondary N) is 1. The van der Waals surface area contributed by atoms with Crippen LogP contribution in [-0.4, -0.2) is 29.6 Å². The van der Waals surface area contributed by atoms with Crippen molar-refractivity contribution >= 4 is 22.8 Å². The van der Waals surface area contributed by atoms with Gasteiger partial charge in [-0.2, -0.15) is 0 Å². The fourth-order valence-electron chi connectivity index (χ4n) is 2.16. The number of fused-ring (bicyclic) bond motifs is 1. The van der Waals surface area contributed by atoms with Crippen LogP contribution >= 0.6 is 0 Å². The summed E-state index contributed by atoms with van der Waals surface area (Å²) in [6, 6.07) is 6.37. The number of hydrogen-bond donors (Lipinski definition) is 2. The Morgan fingerprint density at radius 2 is 2.08 bits per heavy atom. The summed E-state index contributed by atoms with van der Waals surface area (Å²) in [7, 11) is 0. The molecule has 7 nitrogen and oxygen atoms in total. The summed E-state index contributed by atoms with van der Waals surface area (Å²) < 4.78 is 10.7. The number of aliphatic carboxylic acids is 1. The Kier molecular flexibility index (Phi) is 6.16. The zero-order chi connectivity index (χ0) is 18.4. The second kappa shape index (κ2) is 8.32. The lowest BCUT2D eigenvalue weighted by molar-refractivity contribution is -0.137. The molecule has 0 bridgehead atoms. The lowest BCUT2D eigenvalue weighted by Gasteiger charge is -2.11. The summed E-state index contributed by atoms with van der Waals surface area (Å²) in [5, 5.41) is 11.9. The fraction of sp³-hybridized carbons (Fsp3) is 0.389. The minimum absolute atomic E-state index is 0.0251. The number of carboxylic acid groups (broad SMARTS) is 1. The minimum Gasteiger partial charge on any atom is -0.493 e. The van der Waals surface area contributed by atoms with Crippen molar-refractivity contribution < 1.29 is 23.8 Å². The van der Waals surface area contributed by atoms with E-state index in [9.17, 15) is 14.4 Å². The number of benzene rings is 1. The van der Waals surface area contributed by atoms with E-state index < -0.39 is 17.5 Å². The summed E-state index contributed by atoms with van der Waals surface area (Å²) in [5.41, 5.74) is -0.444. The van der Waals surface area contributed by atoms with Crippen molar-refractivity contribution in [3.05, 3.63) is 40.2 Å². The van der Waals surface area contributed by atoms with E-state index in [4.69, 9.17) is 14.3 Å². The molecule has 0 saturated carbocycles. The zero-order valence-electron chi connectivity index (χ0n) is 14.2. The molecule has 7 heteroatoms. The first-order valence-electron chi connectivity index (χ1n) is 8.14. The monoisotopic (exact) mass is 347 g/mol. The smallest absolute Gasteiger partial charge is 0.349 e. The maximum atomic E-state index is 12.1. The summed E-state index contributed by atoms with van der Waals surface area (Å²) in [6.45, 7) is 4.04. The van der Waals surface area contributed by atoms with Crippen LogP contribution in [0.2, 0.25) is 0 Å². The van der Waals surface area contributed by atoms with Crippen molar-refractivity contribution in [2.24, 2.45) is 0 Å². The van der Waals surface area contributed by atoms with Crippen LogP contribution in [0.1, 0.15) is 43.5 Å². The van der Waals surface area contributed by atoms with Gasteiger partial charge in [-0.1, -0.05) is 6.92 Å². The summed E-state index contributed by atoms with van der Waals surface area (Å²) in [6.07, 6.45) is 1.16. The summed E-state index contributed by atoms with van der Waals surface area (Å²) in [5.74, 6) is -0.867. The standard InChI is InChI=1S/C18H21NO6/c1-3-11(2)19-17(22)14-9-12-6-7-13(10-15(12)25-18(14)23)24-8-4-5-16(20)21/h6-7,9-11H,3-5,8H2,1-2H3,(H,19,22)(H,20,21). The van der Waals surface area contributed by atoms with E-state index in [2.05, 4.69) is 5.32 Å². The van der Waals surface area contributed by atoms with Crippen LogP contribution in [0, 0.1) is 0 Å². The molecule has 0 saturated heterocycles. The molecule has 0 radical (unpaired) electrons. The molecule has 1 amide bonds. The Morgan fingerprint density at radius 1 is 1.32 bits per heavy atom. The molecule has 0 fully saturated rings. The topological polar surface area (TPSA) is 106 Å². The predicted octanol–water partition coefficient (Wildman–Crippen LogP) is 2.56. The molecule has 0 aliphatic heterocycles. The van der Waals surface area contributed by atoms with E-state index >= 15 is 0 Å². The van der Waals surface area contributed by atoms with Gasteiger partial charge < -0.3 is 19.6 Å². The van der Waals surface area contributed by atoms with E-state index in [0.29, 0.717) is 23.1 Å². The molecular weight excluding hydrogens is 326 g/mol. The van der Waals surface area contributed by atoms with Gasteiger partial charge in [0, 0.05) is 23.9 Å². The molecule has 2 rings (SSSR count). The van der Waals surface area contributed by atoms with Crippen LogP contribution in [-0.2, 0) is 4.79 Å². The molecule has 25 heavy (non-hydrogen) atoms. The maximum Gasteiger partial charge on any atom is 0.349 e. The van der Waals surface area contributed by atoms with Gasteiger partial charge in [0.2, 0.25) is 0 Å². The molecule has 2 N–H and O–H groups in total. The number of hydrogen-bond acceptors (Lipinski definition) is 5. The third kappa shape index (κ3) is 5.07. The molecule has 0 aliphatic rings. The van der Waals surface area contributed by atoms with Crippen LogP contribution in [0.15, 0.2) is 33.5 Å². The average Bonchev–Trinajstić information content (AvgIpc) is 2.57. The second-order valence-electron chi connectivity index (χ2n) is 5.78. The van der Waals surface area contributed by atoms with Gasteiger partial charge in [0.1, 0.15) is 16.9 Å². The van der Waals surface area contributed by atoms with Gasteiger partial charge in [0.15, 0.2) is 0 Å². The Morgan fingerprint density at radius 3 is 2.76 bits per heavy atom. The quantitative estimate of drug-likeness (QED) is 0.561. The van der Waals surface area contributed by atoms with Gasteiger partial charge in [0.05, 0.1) is 6.61 Å². The van der Waals surface area contributed by atoms with Gasteiger partial charge in [-0.05, 0) is 38.0 Å². The molecule has 0 aliphatic carbocycles. The third-order valence-electron chi connectivity index (χ3n) is 3.75. The largest absolute Gasteiger partial charge is 0.493 e. The van der Waals surface area contributed by atoms with Crippen molar-refractivity contribution in [3.8, 4) is 5.75 Å². The first-order valence-corrected chi connectivity index (χ1v) is 8.14. The SMILES string of the molecule is CCC(C)NC(=O)c1cc2ccc(OCCCC(=O)O)cc2oc1=O. The lowest BCUT2D eigenvalue weighted by Crippen LogP contribution is -2.34. The summed E-state index contributed by atoms with van der Waals surface area (Å²) >= 11 is 0. The van der Waals surface area contributed by atoms with E-state index in [1.54, 1.807) is 18.2 Å². The predicted molar refractivity (Wildman–Crippen MR) is 92.1 cm³/mol. The van der Waals surface area contributed by atoms with Crippen LogP contribution in [0.4, 0.5) is 0 Å². The molecule has 1 unspecified atom stereocenters. The molecule has 1 atom stereocenters. The Hall–Kier alpha value is -2.83. The normalized spacial score (nSPS) is 11.9. The number of amides is 1. The van der Waals surface area contributed by atoms with Crippen LogP contribution in [0.3, 0.4) is 0 Å². The van der Waals surface area contributed by atoms with Gasteiger partial charge >= 0.3 is 11.6 Å². The van der Waals surface area contributed by atoms with Crippen LogP contribution in [0.5, 0.6) is 5.75 Å². The van der Waals surface area contributed by atoms with E-state index in [1.165, 1.54) is 6.07 Å². The van der Waals surface area contributed by atoms with Crippen molar-refractivity contribution in [1.29, 1.82) is 0 Å². The van der Waals surface area contributed by atoms with Crippen LogP contribution in [0.25, 0.3) is 11.0 Å². The Balaban J connectivity index is 2.16. The van der Waals surface area contributed by atoms with E-state index in [-0.39, 0.29) is 24.6 Å². The highest BCUT2D eigenvalue weighted by molar-refractivity contribution is 5.96. The molecule has 0 spiro atoms. The number of carbonyl (C=O) groups excluding carboxylic acids is 1. The van der Waals surface area contributed by atoms with Gasteiger partial charge in [-0.25, -0.2) is 4.79 Å². The first kappa shape index (κ1) is 18.5. The molecular formula is C18H21NO6. The Bertz CT molecular complexity index is 826. The summed E-state index contributed by atoms with van der Waals surface area (Å²) in [4.78, 5) is 34.6. The lowest BCUT2D eigenvalue weighted by atomic mass is 10.1. The third-order valence-corrected chi connectivity index (χ3v) is 3.75. The highest BCUT2D eigenvalue weighted by Gasteiger charge is 2.15. The van der Waals surface area contributed by atoms with Crippen molar-refractivity contribution in [2.45, 2.75) is 39.2 Å². The Labute approximate surface area is 144 Å². The highest BCUT2D eigenvalue weighted by Crippen LogP contribution is 2.21. The van der Waals surface area contributed by atoms with E-state index in [0.717, 1.165) is 6.42 Å². The van der Waals surface area contributed by atoms with Crippen molar-refractivity contribution in [2.75, 3.05) is 6.61 Å². The number of carbonyl (C=O) groups is 2. The van der Waals surface area contributed by atoms with Gasteiger partial charge in [-0.3, -0.25) is 9.59 Å². The first-order chi connectivity index (χ1) is 11.9. The zero-order valence-corrected chi connectivity index (χ0v) is 14.2. The van der Waals surface area contributed by atoms with Gasteiger partial charge in [0.25, 0.3) is 5.91 Å². The number of carboxylic acids is 1. The van der Waals surface area contributed by atoms with Gasteiger partial charge in [-0.15, -0.1) is 0 Å². The van der Waals surface area contributed by atoms with Crippen molar-refractivity contribution in [1.82, 2.24) is 5.32 Å². The second-order valence-corrected chi connectivity index (χ2v) is 5.78. The maximum absolute atomic E-state index is 12.1. The van der Waals surface area contributed by atoms with Crippen molar-refractivity contribution in [3.63, 3.8) is 0 Å². The highest BCUT2D eigenvalue weighted by atomic mass is 16.5. The number of ether oxygens (including phenoxy) is 1. The molecule has 134 valence electrons. The molecule has 2 aromatic rings. The average molecular weight is 347 g/mol. The minimum atomic E-state index is -0.878. The van der Waals surface area contributed by atoms with E-state index in [1.807, 2.05) is 13.8 Å². The molecule has 1 aromatic carbocycles. The van der Waals surface area contributed by atoms with Crippen LogP contribution < -0.4 is 15.7 Å². The molecule has 1 heterocycles. The number of rotatable bonds is 8. The molecule has 1 aromatic heterocycles. The fourth-order valence-corrected chi connectivity index (χ4v) is 2.16.